The summed E-state index contributed by atoms with van der Waals surface area (Å²) in [6.45, 7) is 2.56. The molecule has 4 heteroatoms. The molecule has 1 unspecified atom stereocenters. The largest absolute Gasteiger partial charge is 0.491 e. The zero-order valence-electron chi connectivity index (χ0n) is 12.0. The highest BCUT2D eigenvalue weighted by molar-refractivity contribution is 5.27. The van der Waals surface area contributed by atoms with E-state index in [4.69, 9.17) is 9.84 Å². The molecule has 1 aliphatic heterocycles. The SMILES string of the molecule is OCCOc1ccc(CN2CCCCCC2CO)cc1. The molecule has 1 aromatic rings. The first kappa shape index (κ1) is 15.3. The van der Waals surface area contributed by atoms with Gasteiger partial charge in [0, 0.05) is 12.6 Å². The number of likely N-dealkylation sites (tertiary alicyclic amines) is 1. The lowest BCUT2D eigenvalue weighted by molar-refractivity contribution is 0.118. The van der Waals surface area contributed by atoms with Crippen LogP contribution in [0.15, 0.2) is 24.3 Å². The highest BCUT2D eigenvalue weighted by Crippen LogP contribution is 2.20. The Hall–Kier alpha value is -1.10. The Morgan fingerprint density at radius 3 is 2.60 bits per heavy atom. The minimum absolute atomic E-state index is 0.0354. The highest BCUT2D eigenvalue weighted by Gasteiger charge is 2.20. The van der Waals surface area contributed by atoms with E-state index in [9.17, 15) is 5.11 Å². The third-order valence-corrected chi connectivity index (χ3v) is 3.88. The Balaban J connectivity index is 1.93. The van der Waals surface area contributed by atoms with Gasteiger partial charge in [0.05, 0.1) is 13.2 Å². The van der Waals surface area contributed by atoms with Crippen LogP contribution >= 0.6 is 0 Å². The van der Waals surface area contributed by atoms with Gasteiger partial charge in [0.1, 0.15) is 12.4 Å². The second-order valence-corrected chi connectivity index (χ2v) is 5.37. The number of aliphatic hydroxyl groups excluding tert-OH is 2. The molecule has 0 amide bonds. The smallest absolute Gasteiger partial charge is 0.119 e. The van der Waals surface area contributed by atoms with Crippen LogP contribution in [0.25, 0.3) is 0 Å². The number of hydrogen-bond donors (Lipinski definition) is 2. The van der Waals surface area contributed by atoms with Gasteiger partial charge in [-0.3, -0.25) is 4.90 Å². The molecule has 0 radical (unpaired) electrons. The van der Waals surface area contributed by atoms with Crippen molar-refractivity contribution in [3.05, 3.63) is 29.8 Å². The summed E-state index contributed by atoms with van der Waals surface area (Å²) in [7, 11) is 0. The monoisotopic (exact) mass is 279 g/mol. The first-order chi connectivity index (χ1) is 9.83. The molecule has 2 rings (SSSR count). The number of aliphatic hydroxyl groups is 2. The molecule has 1 aromatic carbocycles. The molecular formula is C16H25NO3. The summed E-state index contributed by atoms with van der Waals surface area (Å²) in [5, 5.41) is 18.2. The average Bonchev–Trinajstić information content (AvgIpc) is 2.71. The second-order valence-electron chi connectivity index (χ2n) is 5.37. The van der Waals surface area contributed by atoms with E-state index < -0.39 is 0 Å². The summed E-state index contributed by atoms with van der Waals surface area (Å²) in [5.74, 6) is 0.789. The van der Waals surface area contributed by atoms with E-state index in [0.717, 1.165) is 25.3 Å². The minimum atomic E-state index is 0.0354. The van der Waals surface area contributed by atoms with Gasteiger partial charge >= 0.3 is 0 Å². The van der Waals surface area contributed by atoms with Crippen molar-refractivity contribution in [3.8, 4) is 5.75 Å². The number of benzene rings is 1. The second kappa shape index (κ2) is 8.25. The normalized spacial score (nSPS) is 20.6. The van der Waals surface area contributed by atoms with Gasteiger partial charge in [-0.15, -0.1) is 0 Å². The van der Waals surface area contributed by atoms with Crippen LogP contribution in [0.4, 0.5) is 0 Å². The summed E-state index contributed by atoms with van der Waals surface area (Å²) in [6, 6.07) is 8.30. The summed E-state index contributed by atoms with van der Waals surface area (Å²) in [4.78, 5) is 2.39. The van der Waals surface area contributed by atoms with Crippen LogP contribution in [0.5, 0.6) is 5.75 Å². The van der Waals surface area contributed by atoms with Crippen LogP contribution in [-0.4, -0.2) is 47.5 Å². The molecule has 0 saturated carbocycles. The number of hydrogen-bond acceptors (Lipinski definition) is 4. The van der Waals surface area contributed by atoms with Gasteiger partial charge in [0.15, 0.2) is 0 Å². The van der Waals surface area contributed by atoms with E-state index in [1.165, 1.54) is 24.8 Å². The first-order valence-electron chi connectivity index (χ1n) is 7.51. The molecule has 0 spiro atoms. The Kier molecular flexibility index (Phi) is 6.30. The molecule has 1 aliphatic rings. The maximum absolute atomic E-state index is 9.52. The van der Waals surface area contributed by atoms with Gasteiger partial charge in [0.2, 0.25) is 0 Å². The Labute approximate surface area is 121 Å². The zero-order chi connectivity index (χ0) is 14.2. The Bertz CT molecular complexity index is 380. The fourth-order valence-corrected chi connectivity index (χ4v) is 2.74. The predicted octanol–water partition coefficient (Wildman–Crippen LogP) is 1.79. The molecule has 112 valence electrons. The molecule has 1 heterocycles. The summed E-state index contributed by atoms with van der Waals surface area (Å²) >= 11 is 0. The number of nitrogens with zero attached hydrogens (tertiary/aromatic N) is 1. The molecule has 0 bridgehead atoms. The Morgan fingerprint density at radius 2 is 1.90 bits per heavy atom. The fraction of sp³-hybridized carbons (Fsp3) is 0.625. The van der Waals surface area contributed by atoms with Crippen molar-refractivity contribution in [2.75, 3.05) is 26.4 Å². The molecule has 2 N–H and O–H groups in total. The maximum Gasteiger partial charge on any atom is 0.119 e. The lowest BCUT2D eigenvalue weighted by Crippen LogP contribution is -2.36. The van der Waals surface area contributed by atoms with E-state index in [0.29, 0.717) is 12.6 Å². The summed E-state index contributed by atoms with van der Waals surface area (Å²) in [6.07, 6.45) is 4.79. The van der Waals surface area contributed by atoms with E-state index in [2.05, 4.69) is 17.0 Å². The van der Waals surface area contributed by atoms with E-state index in [1.54, 1.807) is 0 Å². The van der Waals surface area contributed by atoms with Gasteiger partial charge in [-0.25, -0.2) is 0 Å². The molecule has 0 aromatic heterocycles. The Morgan fingerprint density at radius 1 is 1.10 bits per heavy atom. The van der Waals surface area contributed by atoms with Crippen molar-refractivity contribution in [1.82, 2.24) is 4.90 Å². The lowest BCUT2D eigenvalue weighted by atomic mass is 10.1. The zero-order valence-corrected chi connectivity index (χ0v) is 12.0. The van der Waals surface area contributed by atoms with Crippen LogP contribution < -0.4 is 4.74 Å². The van der Waals surface area contributed by atoms with Gasteiger partial charge in [-0.05, 0) is 37.1 Å². The molecule has 0 aliphatic carbocycles. The van der Waals surface area contributed by atoms with Gasteiger partial charge < -0.3 is 14.9 Å². The third-order valence-electron chi connectivity index (χ3n) is 3.88. The van der Waals surface area contributed by atoms with E-state index in [1.807, 2.05) is 12.1 Å². The lowest BCUT2D eigenvalue weighted by Gasteiger charge is -2.28. The van der Waals surface area contributed by atoms with Crippen molar-refractivity contribution < 1.29 is 14.9 Å². The van der Waals surface area contributed by atoms with Crippen LogP contribution in [0.1, 0.15) is 31.2 Å². The van der Waals surface area contributed by atoms with Crippen molar-refractivity contribution in [2.45, 2.75) is 38.3 Å². The van der Waals surface area contributed by atoms with E-state index in [-0.39, 0.29) is 13.2 Å². The standard InChI is InChI=1S/C16H25NO3/c18-10-11-20-16-7-5-14(6-8-16)12-17-9-3-1-2-4-15(17)13-19/h5-8,15,18-19H,1-4,9-13H2. The van der Waals surface area contributed by atoms with E-state index >= 15 is 0 Å². The molecular weight excluding hydrogens is 254 g/mol. The summed E-state index contributed by atoms with van der Waals surface area (Å²) in [5.41, 5.74) is 1.24. The van der Waals surface area contributed by atoms with Gasteiger partial charge in [-0.1, -0.05) is 25.0 Å². The van der Waals surface area contributed by atoms with Crippen molar-refractivity contribution in [1.29, 1.82) is 0 Å². The third kappa shape index (κ3) is 4.47. The molecule has 20 heavy (non-hydrogen) atoms. The number of ether oxygens (including phenoxy) is 1. The molecule has 1 saturated heterocycles. The van der Waals surface area contributed by atoms with Crippen molar-refractivity contribution >= 4 is 0 Å². The van der Waals surface area contributed by atoms with Crippen LogP contribution in [-0.2, 0) is 6.54 Å². The van der Waals surface area contributed by atoms with Crippen LogP contribution in [0, 0.1) is 0 Å². The highest BCUT2D eigenvalue weighted by atomic mass is 16.5. The van der Waals surface area contributed by atoms with Crippen molar-refractivity contribution in [3.63, 3.8) is 0 Å². The van der Waals surface area contributed by atoms with Gasteiger partial charge in [-0.2, -0.15) is 0 Å². The first-order valence-corrected chi connectivity index (χ1v) is 7.51. The molecule has 1 fully saturated rings. The average molecular weight is 279 g/mol. The summed E-state index contributed by atoms with van der Waals surface area (Å²) < 4.78 is 5.36. The van der Waals surface area contributed by atoms with Crippen LogP contribution in [0.3, 0.4) is 0 Å². The van der Waals surface area contributed by atoms with Crippen molar-refractivity contribution in [2.24, 2.45) is 0 Å². The number of rotatable bonds is 6. The molecule has 4 nitrogen and oxygen atoms in total. The molecule has 1 atom stereocenters. The predicted molar refractivity (Wildman–Crippen MR) is 78.8 cm³/mol. The fourth-order valence-electron chi connectivity index (χ4n) is 2.74. The van der Waals surface area contributed by atoms with Crippen LogP contribution in [0.2, 0.25) is 0 Å². The minimum Gasteiger partial charge on any atom is -0.491 e. The maximum atomic E-state index is 9.52. The van der Waals surface area contributed by atoms with Gasteiger partial charge in [0.25, 0.3) is 0 Å². The topological polar surface area (TPSA) is 52.9 Å². The quantitative estimate of drug-likeness (QED) is 0.833.